The van der Waals surface area contributed by atoms with Gasteiger partial charge in [-0.25, -0.2) is 4.98 Å². The summed E-state index contributed by atoms with van der Waals surface area (Å²) in [4.78, 5) is 32.5. The first-order valence-corrected chi connectivity index (χ1v) is 10.3. The number of hydrogen-bond acceptors (Lipinski definition) is 4. The van der Waals surface area contributed by atoms with Gasteiger partial charge in [-0.15, -0.1) is 0 Å². The van der Waals surface area contributed by atoms with Gasteiger partial charge in [0.15, 0.2) is 0 Å². The minimum Gasteiger partial charge on any atom is -0.339 e. The van der Waals surface area contributed by atoms with Crippen LogP contribution >= 0.6 is 0 Å². The van der Waals surface area contributed by atoms with Crippen LogP contribution < -0.4 is 15.8 Å². The number of rotatable bonds is 4. The summed E-state index contributed by atoms with van der Waals surface area (Å²) >= 11 is 0. The van der Waals surface area contributed by atoms with Crippen molar-refractivity contribution in [2.45, 2.75) is 19.9 Å². The lowest BCUT2D eigenvalue weighted by Gasteiger charge is -2.23. The van der Waals surface area contributed by atoms with Gasteiger partial charge in [-0.2, -0.15) is 0 Å². The molecule has 6 heteroatoms. The van der Waals surface area contributed by atoms with Crippen LogP contribution in [0, 0.1) is 6.92 Å². The van der Waals surface area contributed by atoms with Crippen molar-refractivity contribution in [3.05, 3.63) is 94.5 Å². The summed E-state index contributed by atoms with van der Waals surface area (Å²) in [5, 5.41) is 3.51. The number of para-hydroxylation sites is 4. The van der Waals surface area contributed by atoms with Crippen LogP contribution in [-0.4, -0.2) is 22.0 Å². The number of carbonyl (C=O) groups is 1. The Morgan fingerprint density at radius 3 is 2.55 bits per heavy atom. The lowest BCUT2D eigenvalue weighted by atomic mass is 10.1. The Labute approximate surface area is 179 Å². The topological polar surface area (TPSA) is 67.2 Å². The molecule has 3 aromatic carbocycles. The molecule has 0 bridgehead atoms. The molecular formula is C25H22N4O2. The molecule has 1 N–H and O–H groups in total. The van der Waals surface area contributed by atoms with E-state index in [0.29, 0.717) is 16.7 Å². The van der Waals surface area contributed by atoms with Crippen molar-refractivity contribution in [3.63, 3.8) is 0 Å². The number of nitrogens with one attached hydrogen (secondary N) is 1. The highest BCUT2D eigenvalue weighted by atomic mass is 16.2. The summed E-state index contributed by atoms with van der Waals surface area (Å²) in [6, 6.07) is 23.3. The zero-order valence-corrected chi connectivity index (χ0v) is 17.2. The van der Waals surface area contributed by atoms with Crippen molar-refractivity contribution in [1.29, 1.82) is 0 Å². The molecule has 1 aliphatic rings. The number of amides is 1. The highest BCUT2D eigenvalue weighted by Gasteiger charge is 2.22. The maximum absolute atomic E-state index is 12.9. The van der Waals surface area contributed by atoms with Crippen molar-refractivity contribution < 1.29 is 4.79 Å². The van der Waals surface area contributed by atoms with Gasteiger partial charge in [0, 0.05) is 12.2 Å². The first kappa shape index (κ1) is 19.1. The van der Waals surface area contributed by atoms with E-state index in [1.807, 2.05) is 42.5 Å². The second-order valence-electron chi connectivity index (χ2n) is 7.66. The van der Waals surface area contributed by atoms with E-state index in [-0.39, 0.29) is 18.0 Å². The van der Waals surface area contributed by atoms with Crippen LogP contribution in [0.3, 0.4) is 0 Å². The molecule has 31 heavy (non-hydrogen) atoms. The third-order valence-corrected chi connectivity index (χ3v) is 5.71. The van der Waals surface area contributed by atoms with E-state index in [0.717, 1.165) is 30.0 Å². The van der Waals surface area contributed by atoms with Crippen molar-refractivity contribution in [3.8, 4) is 0 Å². The van der Waals surface area contributed by atoms with Crippen molar-refractivity contribution in [1.82, 2.24) is 9.55 Å². The van der Waals surface area contributed by atoms with Gasteiger partial charge < -0.3 is 10.2 Å². The normalized spacial score (nSPS) is 12.7. The van der Waals surface area contributed by atoms with Crippen LogP contribution in [0.1, 0.15) is 11.4 Å². The smallest absolute Gasteiger partial charge is 0.261 e. The molecule has 0 radical (unpaired) electrons. The second-order valence-corrected chi connectivity index (χ2v) is 7.66. The van der Waals surface area contributed by atoms with Gasteiger partial charge in [-0.05, 0) is 49.2 Å². The monoisotopic (exact) mass is 410 g/mol. The van der Waals surface area contributed by atoms with E-state index in [9.17, 15) is 9.59 Å². The number of carbonyl (C=O) groups excluding carboxylic acids is 1. The van der Waals surface area contributed by atoms with Crippen molar-refractivity contribution in [2.24, 2.45) is 0 Å². The lowest BCUT2D eigenvalue weighted by molar-refractivity contribution is -0.116. The van der Waals surface area contributed by atoms with Crippen LogP contribution in [0.5, 0.6) is 0 Å². The number of benzene rings is 3. The minimum atomic E-state index is -0.262. The van der Waals surface area contributed by atoms with Crippen molar-refractivity contribution >= 4 is 33.9 Å². The fraction of sp³-hybridized carbons (Fsp3) is 0.160. The number of fused-ring (bicyclic) bond motifs is 2. The molecule has 5 rings (SSSR count). The number of nitrogens with zero attached hydrogens (tertiary/aromatic N) is 3. The highest BCUT2D eigenvalue weighted by molar-refractivity contribution is 5.95. The molecule has 0 fully saturated rings. The summed E-state index contributed by atoms with van der Waals surface area (Å²) in [6.45, 7) is 2.52. The van der Waals surface area contributed by atoms with Crippen LogP contribution in [0.4, 0.5) is 17.1 Å². The number of hydrogen-bond donors (Lipinski definition) is 1. The molecular weight excluding hydrogens is 388 g/mol. The van der Waals surface area contributed by atoms with Gasteiger partial charge in [-0.3, -0.25) is 14.2 Å². The van der Waals surface area contributed by atoms with E-state index >= 15 is 0 Å². The van der Waals surface area contributed by atoms with Gasteiger partial charge in [0.1, 0.15) is 12.4 Å². The Morgan fingerprint density at radius 2 is 1.68 bits per heavy atom. The Morgan fingerprint density at radius 1 is 0.968 bits per heavy atom. The summed E-state index contributed by atoms with van der Waals surface area (Å²) in [5.41, 5.74) is 4.56. The highest BCUT2D eigenvalue weighted by Crippen LogP contribution is 2.38. The molecule has 0 unspecified atom stereocenters. The fourth-order valence-electron chi connectivity index (χ4n) is 4.20. The summed E-state index contributed by atoms with van der Waals surface area (Å²) in [5.74, 6) is 0.253. The van der Waals surface area contributed by atoms with E-state index < -0.39 is 0 Å². The minimum absolute atomic E-state index is 0.0899. The maximum atomic E-state index is 12.9. The van der Waals surface area contributed by atoms with Gasteiger partial charge in [0.25, 0.3) is 5.56 Å². The molecule has 2 heterocycles. The molecule has 1 amide bonds. The molecule has 1 aliphatic heterocycles. The van der Waals surface area contributed by atoms with E-state index in [2.05, 4.69) is 27.3 Å². The van der Waals surface area contributed by atoms with E-state index in [1.165, 1.54) is 10.1 Å². The Balaban J connectivity index is 1.43. The van der Waals surface area contributed by atoms with Gasteiger partial charge in [0.05, 0.1) is 22.3 Å². The Hall–Kier alpha value is -3.93. The number of anilines is 3. The van der Waals surface area contributed by atoms with Gasteiger partial charge in [0.2, 0.25) is 5.91 Å². The average Bonchev–Trinajstić information content (AvgIpc) is 3.21. The van der Waals surface area contributed by atoms with E-state index in [4.69, 9.17) is 0 Å². The van der Waals surface area contributed by atoms with E-state index in [1.54, 1.807) is 25.1 Å². The third kappa shape index (κ3) is 3.46. The summed E-state index contributed by atoms with van der Waals surface area (Å²) in [6.07, 6.45) is 0.968. The molecule has 0 aliphatic carbocycles. The molecule has 0 atom stereocenters. The molecule has 154 valence electrons. The summed E-state index contributed by atoms with van der Waals surface area (Å²) in [7, 11) is 0. The Bertz CT molecular complexity index is 1360. The van der Waals surface area contributed by atoms with Crippen LogP contribution in [0.15, 0.2) is 77.6 Å². The maximum Gasteiger partial charge on any atom is 0.261 e. The molecule has 6 nitrogen and oxygen atoms in total. The predicted octanol–water partition coefficient (Wildman–Crippen LogP) is 4.04. The van der Waals surface area contributed by atoms with Crippen LogP contribution in [-0.2, 0) is 17.8 Å². The average molecular weight is 410 g/mol. The molecule has 0 spiro atoms. The standard InChI is InChI=1S/C25H22N4O2/c1-17-26-20-10-4-3-9-19(20)25(31)29(17)16-24(30)27-21-11-5-7-13-23(21)28-15-14-18-8-2-6-12-22(18)28/h2-13H,14-16H2,1H3,(H,27,30). The van der Waals surface area contributed by atoms with Crippen LogP contribution in [0.25, 0.3) is 10.9 Å². The SMILES string of the molecule is Cc1nc2ccccc2c(=O)n1CC(=O)Nc1ccccc1N1CCc2ccccc21. The second kappa shape index (κ2) is 7.72. The fourth-order valence-corrected chi connectivity index (χ4v) is 4.20. The Kier molecular flexibility index (Phi) is 4.75. The number of aromatic nitrogens is 2. The zero-order chi connectivity index (χ0) is 21.4. The largest absolute Gasteiger partial charge is 0.339 e. The van der Waals surface area contributed by atoms with Crippen LogP contribution in [0.2, 0.25) is 0 Å². The lowest BCUT2D eigenvalue weighted by Crippen LogP contribution is -2.30. The molecule has 0 saturated heterocycles. The molecule has 1 aromatic heterocycles. The summed E-state index contributed by atoms with van der Waals surface area (Å²) < 4.78 is 1.42. The zero-order valence-electron chi connectivity index (χ0n) is 17.2. The quantitative estimate of drug-likeness (QED) is 0.551. The third-order valence-electron chi connectivity index (χ3n) is 5.71. The first-order chi connectivity index (χ1) is 15.1. The molecule has 0 saturated carbocycles. The number of aryl methyl sites for hydroxylation is 1. The van der Waals surface area contributed by atoms with Crippen molar-refractivity contribution in [2.75, 3.05) is 16.8 Å². The first-order valence-electron chi connectivity index (χ1n) is 10.3. The van der Waals surface area contributed by atoms with Gasteiger partial charge in [-0.1, -0.05) is 42.5 Å². The molecule has 4 aromatic rings. The van der Waals surface area contributed by atoms with Gasteiger partial charge >= 0.3 is 0 Å². The predicted molar refractivity (Wildman–Crippen MR) is 123 cm³/mol.